The summed E-state index contributed by atoms with van der Waals surface area (Å²) < 4.78 is 9.96. The summed E-state index contributed by atoms with van der Waals surface area (Å²) >= 11 is 0.893. The first-order valence-electron chi connectivity index (χ1n) is 8.91. The van der Waals surface area contributed by atoms with E-state index in [9.17, 15) is 9.59 Å². The first-order valence-corrected chi connectivity index (χ1v) is 9.73. The largest absolute Gasteiger partial charge is 0.496 e. The van der Waals surface area contributed by atoms with E-state index < -0.39 is 5.97 Å². The summed E-state index contributed by atoms with van der Waals surface area (Å²) in [5, 5.41) is 5.64. The van der Waals surface area contributed by atoms with Crippen molar-refractivity contribution in [3.05, 3.63) is 78.0 Å². The van der Waals surface area contributed by atoms with E-state index in [1.165, 1.54) is 18.3 Å². The van der Waals surface area contributed by atoms with Crippen LogP contribution in [-0.2, 0) is 14.3 Å². The number of allylic oxidation sites excluding steroid dienone is 1. The quantitative estimate of drug-likeness (QED) is 0.398. The molecule has 1 aliphatic heterocycles. The molecule has 0 atom stereocenters. The van der Waals surface area contributed by atoms with Gasteiger partial charge in [0.2, 0.25) is 5.12 Å². The van der Waals surface area contributed by atoms with E-state index >= 15 is 0 Å². The number of aliphatic imine (C=N–C) groups is 1. The van der Waals surface area contributed by atoms with E-state index in [4.69, 9.17) is 4.74 Å². The zero-order valence-electron chi connectivity index (χ0n) is 16.4. The first kappa shape index (κ1) is 21.1. The summed E-state index contributed by atoms with van der Waals surface area (Å²) in [5.41, 5.74) is 1.61. The van der Waals surface area contributed by atoms with Crippen molar-refractivity contribution in [2.24, 2.45) is 10.1 Å². The highest BCUT2D eigenvalue weighted by atomic mass is 32.2. The van der Waals surface area contributed by atoms with Gasteiger partial charge < -0.3 is 9.47 Å². The normalized spacial score (nSPS) is 16.9. The maximum Gasteiger partial charge on any atom is 0.332 e. The Bertz CT molecular complexity index is 1050. The summed E-state index contributed by atoms with van der Waals surface area (Å²) in [6, 6.07) is 16.7. The molecule has 0 aliphatic carbocycles. The van der Waals surface area contributed by atoms with Crippen molar-refractivity contribution in [2.45, 2.75) is 0 Å². The van der Waals surface area contributed by atoms with Crippen LogP contribution in [0, 0.1) is 0 Å². The average Bonchev–Trinajstić information content (AvgIpc) is 3.05. The van der Waals surface area contributed by atoms with Gasteiger partial charge in [-0.3, -0.25) is 4.79 Å². The van der Waals surface area contributed by atoms with Crippen LogP contribution in [0.5, 0.6) is 5.75 Å². The standard InChI is InChI=1S/C22H19N3O4S/c1-28-19-13-7-6-9-16(19)10-8-14-23-25-18(15-20(26)29-2)21(27)30-22(25)24-17-11-4-3-5-12-17/h3-15H,1-2H3/b10-8+,18-15+,23-14+,24-22?. The van der Waals surface area contributed by atoms with E-state index in [-0.39, 0.29) is 10.8 Å². The number of para-hydroxylation sites is 2. The molecule has 0 aromatic heterocycles. The predicted octanol–water partition coefficient (Wildman–Crippen LogP) is 4.01. The summed E-state index contributed by atoms with van der Waals surface area (Å²) in [6.07, 6.45) is 6.15. The molecule has 1 fully saturated rings. The molecule has 7 nitrogen and oxygen atoms in total. The second-order valence-electron chi connectivity index (χ2n) is 5.85. The molecule has 30 heavy (non-hydrogen) atoms. The Morgan fingerprint density at radius 3 is 2.53 bits per heavy atom. The van der Waals surface area contributed by atoms with Crippen LogP contribution >= 0.6 is 11.8 Å². The third kappa shape index (κ3) is 5.24. The monoisotopic (exact) mass is 421 g/mol. The van der Waals surface area contributed by atoms with Gasteiger partial charge in [0.15, 0.2) is 5.17 Å². The number of esters is 1. The molecule has 1 saturated heterocycles. The molecule has 1 heterocycles. The zero-order chi connectivity index (χ0) is 21.3. The second-order valence-corrected chi connectivity index (χ2v) is 6.79. The molecule has 3 rings (SSSR count). The highest BCUT2D eigenvalue weighted by Crippen LogP contribution is 2.31. The molecule has 0 unspecified atom stereocenters. The van der Waals surface area contributed by atoms with Crippen LogP contribution in [0.1, 0.15) is 5.56 Å². The molecule has 2 aromatic rings. The Labute approximate surface area is 178 Å². The summed E-state index contributed by atoms with van der Waals surface area (Å²) in [6.45, 7) is 0. The number of nitrogens with zero attached hydrogens (tertiary/aromatic N) is 3. The van der Waals surface area contributed by atoms with Gasteiger partial charge in [-0.1, -0.05) is 36.4 Å². The molecule has 152 valence electrons. The van der Waals surface area contributed by atoms with E-state index in [0.29, 0.717) is 10.9 Å². The Kier molecular flexibility index (Phi) is 7.18. The van der Waals surface area contributed by atoms with Crippen molar-refractivity contribution in [3.8, 4) is 5.75 Å². The molecule has 8 heteroatoms. The summed E-state index contributed by atoms with van der Waals surface area (Å²) in [7, 11) is 2.85. The van der Waals surface area contributed by atoms with E-state index in [1.54, 1.807) is 13.2 Å². The van der Waals surface area contributed by atoms with Gasteiger partial charge in [0.05, 0.1) is 26.0 Å². The number of carbonyl (C=O) groups excluding carboxylic acids is 2. The van der Waals surface area contributed by atoms with E-state index in [0.717, 1.165) is 29.2 Å². The highest BCUT2D eigenvalue weighted by molar-refractivity contribution is 8.27. The number of amidine groups is 1. The van der Waals surface area contributed by atoms with Gasteiger partial charge in [-0.2, -0.15) is 5.10 Å². The minimum absolute atomic E-state index is 0.0727. The average molecular weight is 421 g/mol. The molecular weight excluding hydrogens is 402 g/mol. The molecule has 1 aliphatic rings. The van der Waals surface area contributed by atoms with Crippen LogP contribution in [0.25, 0.3) is 6.08 Å². The number of carbonyl (C=O) groups is 2. The third-order valence-electron chi connectivity index (χ3n) is 3.92. The Morgan fingerprint density at radius 1 is 1.07 bits per heavy atom. The van der Waals surface area contributed by atoms with Crippen LogP contribution < -0.4 is 4.74 Å². The number of thioether (sulfide) groups is 1. The number of hydrogen-bond acceptors (Lipinski definition) is 7. The molecule has 0 radical (unpaired) electrons. The first-order chi connectivity index (χ1) is 14.6. The van der Waals surface area contributed by atoms with E-state index in [2.05, 4.69) is 14.8 Å². The van der Waals surface area contributed by atoms with Crippen molar-refractivity contribution >= 4 is 46.0 Å². The highest BCUT2D eigenvalue weighted by Gasteiger charge is 2.34. The minimum Gasteiger partial charge on any atom is -0.496 e. The summed E-state index contributed by atoms with van der Waals surface area (Å²) in [4.78, 5) is 28.6. The van der Waals surface area contributed by atoms with Gasteiger partial charge in [-0.05, 0) is 42.1 Å². The molecule has 0 amide bonds. The lowest BCUT2D eigenvalue weighted by molar-refractivity contribution is -0.135. The van der Waals surface area contributed by atoms with Crippen LogP contribution in [0.3, 0.4) is 0 Å². The number of rotatable bonds is 6. The molecule has 0 bridgehead atoms. The Balaban J connectivity index is 1.90. The molecular formula is C22H19N3O4S. The number of benzene rings is 2. The molecule has 0 saturated carbocycles. The van der Waals surface area contributed by atoms with Crippen molar-refractivity contribution < 1.29 is 19.1 Å². The Morgan fingerprint density at radius 2 is 1.80 bits per heavy atom. The SMILES string of the molecule is COC(=O)/C=C1\C(=O)SC(=Nc2ccccc2)N1/N=C/C=C/c1ccccc1OC. The fourth-order valence-corrected chi connectivity index (χ4v) is 3.31. The number of hydrazone groups is 1. The maximum absolute atomic E-state index is 12.4. The lowest BCUT2D eigenvalue weighted by Crippen LogP contribution is -2.18. The number of hydrogen-bond donors (Lipinski definition) is 0. The number of ether oxygens (including phenoxy) is 2. The third-order valence-corrected chi connectivity index (χ3v) is 4.76. The topological polar surface area (TPSA) is 80.6 Å². The zero-order valence-corrected chi connectivity index (χ0v) is 17.2. The van der Waals surface area contributed by atoms with Gasteiger partial charge in [0.25, 0.3) is 0 Å². The fraction of sp³-hybridized carbons (Fsp3) is 0.0909. The lowest BCUT2D eigenvalue weighted by atomic mass is 10.2. The van der Waals surface area contributed by atoms with Crippen LogP contribution in [0.2, 0.25) is 0 Å². The smallest absolute Gasteiger partial charge is 0.332 e. The van der Waals surface area contributed by atoms with Gasteiger partial charge in [0, 0.05) is 11.8 Å². The predicted molar refractivity (Wildman–Crippen MR) is 119 cm³/mol. The maximum atomic E-state index is 12.4. The van der Waals surface area contributed by atoms with Crippen LogP contribution in [-0.4, -0.2) is 41.7 Å². The number of methoxy groups -OCH3 is 2. The second kappa shape index (κ2) is 10.2. The van der Waals surface area contributed by atoms with Crippen LogP contribution in [0.4, 0.5) is 5.69 Å². The molecule has 2 aromatic carbocycles. The minimum atomic E-state index is -0.648. The Hall–Kier alpha value is -3.65. The molecule has 0 spiro atoms. The lowest BCUT2D eigenvalue weighted by Gasteiger charge is -2.11. The van der Waals surface area contributed by atoms with Gasteiger partial charge in [-0.15, -0.1) is 0 Å². The van der Waals surface area contributed by atoms with Gasteiger partial charge in [-0.25, -0.2) is 14.8 Å². The molecule has 0 N–H and O–H groups in total. The van der Waals surface area contributed by atoms with Gasteiger partial charge >= 0.3 is 5.97 Å². The summed E-state index contributed by atoms with van der Waals surface area (Å²) in [5.74, 6) is 0.0799. The fourth-order valence-electron chi connectivity index (χ4n) is 2.51. The van der Waals surface area contributed by atoms with Crippen molar-refractivity contribution in [2.75, 3.05) is 14.2 Å². The van der Waals surface area contributed by atoms with Gasteiger partial charge in [0.1, 0.15) is 11.4 Å². The van der Waals surface area contributed by atoms with Crippen molar-refractivity contribution in [1.82, 2.24) is 5.01 Å². The van der Waals surface area contributed by atoms with Crippen molar-refractivity contribution in [1.29, 1.82) is 0 Å². The van der Waals surface area contributed by atoms with Crippen LogP contribution in [0.15, 0.2) is 82.5 Å². The van der Waals surface area contributed by atoms with Crippen molar-refractivity contribution in [3.63, 3.8) is 0 Å². The van der Waals surface area contributed by atoms with E-state index in [1.807, 2.05) is 60.7 Å².